The fourth-order valence-electron chi connectivity index (χ4n) is 1.50. The molecule has 0 radical (unpaired) electrons. The molecule has 0 unspecified atom stereocenters. The standard InChI is InChI=1S/C11H17N3/c1-3-6-14-8-10(9(2)13-14)7-12-11-4-5-11/h3,8,11-12H,1,4-7H2,2H3. The van der Waals surface area contributed by atoms with Crippen LogP contribution in [-0.4, -0.2) is 15.8 Å². The molecule has 0 aliphatic heterocycles. The minimum absolute atomic E-state index is 0.761. The third-order valence-electron chi connectivity index (χ3n) is 2.52. The average molecular weight is 191 g/mol. The molecule has 0 amide bonds. The van der Waals surface area contributed by atoms with Gasteiger partial charge in [-0.1, -0.05) is 6.08 Å². The van der Waals surface area contributed by atoms with Crippen LogP contribution in [0.2, 0.25) is 0 Å². The van der Waals surface area contributed by atoms with Crippen molar-refractivity contribution in [2.45, 2.75) is 38.9 Å². The number of allylic oxidation sites excluding steroid dienone is 1. The van der Waals surface area contributed by atoms with Gasteiger partial charge in [-0.05, 0) is 19.8 Å². The minimum atomic E-state index is 0.761. The van der Waals surface area contributed by atoms with Gasteiger partial charge in [-0.3, -0.25) is 4.68 Å². The molecule has 0 bridgehead atoms. The Morgan fingerprint density at radius 3 is 3.14 bits per heavy atom. The topological polar surface area (TPSA) is 29.9 Å². The molecule has 0 spiro atoms. The lowest BCUT2D eigenvalue weighted by Crippen LogP contribution is -2.15. The van der Waals surface area contributed by atoms with Crippen molar-refractivity contribution in [3.63, 3.8) is 0 Å². The second-order valence-electron chi connectivity index (χ2n) is 3.91. The van der Waals surface area contributed by atoms with Gasteiger partial charge < -0.3 is 5.32 Å². The highest BCUT2D eigenvalue weighted by molar-refractivity contribution is 5.15. The van der Waals surface area contributed by atoms with E-state index in [0.29, 0.717) is 0 Å². The van der Waals surface area contributed by atoms with Crippen LogP contribution >= 0.6 is 0 Å². The Labute approximate surface area is 84.8 Å². The molecule has 3 heteroatoms. The van der Waals surface area contributed by atoms with Gasteiger partial charge >= 0.3 is 0 Å². The highest BCUT2D eigenvalue weighted by Gasteiger charge is 2.20. The zero-order valence-corrected chi connectivity index (χ0v) is 8.66. The van der Waals surface area contributed by atoms with Gasteiger partial charge in [-0.2, -0.15) is 5.10 Å². The van der Waals surface area contributed by atoms with Gasteiger partial charge in [-0.25, -0.2) is 0 Å². The molecule has 14 heavy (non-hydrogen) atoms. The normalized spacial score (nSPS) is 15.8. The van der Waals surface area contributed by atoms with E-state index in [0.717, 1.165) is 24.8 Å². The fourth-order valence-corrected chi connectivity index (χ4v) is 1.50. The van der Waals surface area contributed by atoms with Crippen molar-refractivity contribution in [1.82, 2.24) is 15.1 Å². The lowest BCUT2D eigenvalue weighted by atomic mass is 10.2. The van der Waals surface area contributed by atoms with Crippen LogP contribution in [0.1, 0.15) is 24.1 Å². The van der Waals surface area contributed by atoms with E-state index in [1.54, 1.807) is 0 Å². The second-order valence-corrected chi connectivity index (χ2v) is 3.91. The Balaban J connectivity index is 1.96. The number of rotatable bonds is 5. The van der Waals surface area contributed by atoms with Crippen LogP contribution in [0.25, 0.3) is 0 Å². The second kappa shape index (κ2) is 3.96. The first-order valence-electron chi connectivity index (χ1n) is 5.17. The van der Waals surface area contributed by atoms with Gasteiger partial charge in [0.1, 0.15) is 0 Å². The Morgan fingerprint density at radius 2 is 2.50 bits per heavy atom. The summed E-state index contributed by atoms with van der Waals surface area (Å²) in [6, 6.07) is 0.761. The Hall–Kier alpha value is -1.09. The molecule has 0 aromatic carbocycles. The lowest BCUT2D eigenvalue weighted by molar-refractivity contribution is 0.681. The third kappa shape index (κ3) is 2.23. The van der Waals surface area contributed by atoms with Crippen molar-refractivity contribution < 1.29 is 0 Å². The van der Waals surface area contributed by atoms with Crippen molar-refractivity contribution in [1.29, 1.82) is 0 Å². The summed E-state index contributed by atoms with van der Waals surface area (Å²) in [7, 11) is 0. The summed E-state index contributed by atoms with van der Waals surface area (Å²) in [6.07, 6.45) is 6.64. The predicted octanol–water partition coefficient (Wildman–Crippen LogP) is 1.63. The summed E-state index contributed by atoms with van der Waals surface area (Å²) in [6.45, 7) is 7.51. The van der Waals surface area contributed by atoms with Crippen LogP contribution in [0, 0.1) is 6.92 Å². The van der Waals surface area contributed by atoms with Gasteiger partial charge in [0.2, 0.25) is 0 Å². The van der Waals surface area contributed by atoms with E-state index in [9.17, 15) is 0 Å². The van der Waals surface area contributed by atoms with Gasteiger partial charge in [-0.15, -0.1) is 6.58 Å². The molecule has 2 rings (SSSR count). The van der Waals surface area contributed by atoms with E-state index >= 15 is 0 Å². The van der Waals surface area contributed by atoms with Crippen LogP contribution < -0.4 is 5.32 Å². The maximum Gasteiger partial charge on any atom is 0.0638 e. The minimum Gasteiger partial charge on any atom is -0.310 e. The molecule has 1 saturated carbocycles. The highest BCUT2D eigenvalue weighted by atomic mass is 15.3. The van der Waals surface area contributed by atoms with E-state index < -0.39 is 0 Å². The van der Waals surface area contributed by atoms with Gasteiger partial charge in [0.25, 0.3) is 0 Å². The first kappa shape index (κ1) is 9.46. The Morgan fingerprint density at radius 1 is 1.71 bits per heavy atom. The van der Waals surface area contributed by atoms with Gasteiger partial charge in [0.15, 0.2) is 0 Å². The smallest absolute Gasteiger partial charge is 0.0638 e. The molecule has 1 aliphatic carbocycles. The molecular weight excluding hydrogens is 174 g/mol. The van der Waals surface area contributed by atoms with E-state index in [-0.39, 0.29) is 0 Å². The quantitative estimate of drug-likeness (QED) is 0.717. The van der Waals surface area contributed by atoms with Crippen molar-refractivity contribution in [3.8, 4) is 0 Å². The number of aromatic nitrogens is 2. The van der Waals surface area contributed by atoms with Crippen LogP contribution in [0.4, 0.5) is 0 Å². The van der Waals surface area contributed by atoms with Crippen LogP contribution in [0.5, 0.6) is 0 Å². The van der Waals surface area contributed by atoms with E-state index in [4.69, 9.17) is 0 Å². The van der Waals surface area contributed by atoms with E-state index in [2.05, 4.69) is 30.1 Å². The van der Waals surface area contributed by atoms with E-state index in [1.807, 2.05) is 10.8 Å². The molecule has 3 nitrogen and oxygen atoms in total. The highest BCUT2D eigenvalue weighted by Crippen LogP contribution is 2.19. The molecule has 76 valence electrons. The predicted molar refractivity (Wildman–Crippen MR) is 57.0 cm³/mol. The largest absolute Gasteiger partial charge is 0.310 e. The molecule has 1 aromatic heterocycles. The van der Waals surface area contributed by atoms with Crippen LogP contribution in [0.3, 0.4) is 0 Å². The summed E-state index contributed by atoms with van der Waals surface area (Å²) >= 11 is 0. The molecular formula is C11H17N3. The summed E-state index contributed by atoms with van der Waals surface area (Å²) in [5.41, 5.74) is 2.43. The van der Waals surface area contributed by atoms with Gasteiger partial charge in [0, 0.05) is 24.3 Å². The monoisotopic (exact) mass is 191 g/mol. The summed E-state index contributed by atoms with van der Waals surface area (Å²) in [5, 5.41) is 7.89. The molecule has 1 aromatic rings. The lowest BCUT2D eigenvalue weighted by Gasteiger charge is -1.99. The van der Waals surface area contributed by atoms with Crippen molar-refractivity contribution >= 4 is 0 Å². The summed E-state index contributed by atoms with van der Waals surface area (Å²) in [4.78, 5) is 0. The molecule has 1 N–H and O–H groups in total. The maximum atomic E-state index is 4.40. The number of nitrogens with zero attached hydrogens (tertiary/aromatic N) is 2. The van der Waals surface area contributed by atoms with E-state index in [1.165, 1.54) is 18.4 Å². The first-order chi connectivity index (χ1) is 6.79. The SMILES string of the molecule is C=CCn1cc(CNC2CC2)c(C)n1. The van der Waals surface area contributed by atoms with Crippen molar-refractivity contribution in [2.24, 2.45) is 0 Å². The zero-order chi connectivity index (χ0) is 9.97. The first-order valence-corrected chi connectivity index (χ1v) is 5.17. The Bertz CT molecular complexity index is 323. The molecule has 1 fully saturated rings. The Kier molecular flexibility index (Phi) is 2.68. The van der Waals surface area contributed by atoms with Gasteiger partial charge in [0.05, 0.1) is 12.2 Å². The number of nitrogens with one attached hydrogen (secondary N) is 1. The summed E-state index contributed by atoms with van der Waals surface area (Å²) in [5.74, 6) is 0. The van der Waals surface area contributed by atoms with Crippen molar-refractivity contribution in [2.75, 3.05) is 0 Å². The average Bonchev–Trinajstić information content (AvgIpc) is 2.90. The van der Waals surface area contributed by atoms with Crippen molar-refractivity contribution in [3.05, 3.63) is 30.1 Å². The molecule has 0 saturated heterocycles. The fraction of sp³-hybridized carbons (Fsp3) is 0.545. The zero-order valence-electron chi connectivity index (χ0n) is 8.66. The van der Waals surface area contributed by atoms with Crippen LogP contribution in [-0.2, 0) is 13.1 Å². The number of aryl methyl sites for hydroxylation is 1. The molecule has 1 heterocycles. The van der Waals surface area contributed by atoms with Crippen LogP contribution in [0.15, 0.2) is 18.9 Å². The molecule has 0 atom stereocenters. The summed E-state index contributed by atoms with van der Waals surface area (Å²) < 4.78 is 1.94. The molecule has 1 aliphatic rings. The number of hydrogen-bond donors (Lipinski definition) is 1. The number of hydrogen-bond acceptors (Lipinski definition) is 2. The third-order valence-corrected chi connectivity index (χ3v) is 2.52. The maximum absolute atomic E-state index is 4.40.